The number of benzene rings is 1. The maximum Gasteiger partial charge on any atom is 0.430 e. The molecule has 2 aliphatic rings. The molecule has 3 N–H and O–H groups in total. The maximum absolute atomic E-state index is 14.6. The molecule has 0 bridgehead atoms. The Morgan fingerprint density at radius 3 is 2.61 bits per heavy atom. The van der Waals surface area contributed by atoms with Gasteiger partial charge in [0, 0.05) is 56.4 Å². The predicted octanol–water partition coefficient (Wildman–Crippen LogP) is 2.51. The Morgan fingerprint density at radius 1 is 1.19 bits per heavy atom. The largest absolute Gasteiger partial charge is 0.475 e. The summed E-state index contributed by atoms with van der Waals surface area (Å²) in [6.07, 6.45) is -1.05. The molecule has 0 saturated carbocycles. The van der Waals surface area contributed by atoms with E-state index in [9.17, 15) is 32.6 Å². The van der Waals surface area contributed by atoms with Gasteiger partial charge in [-0.15, -0.1) is 0 Å². The first-order valence-electron chi connectivity index (χ1n) is 11.3. The highest BCUT2D eigenvalue weighted by Gasteiger charge is 2.60. The van der Waals surface area contributed by atoms with E-state index in [1.165, 1.54) is 29.0 Å². The van der Waals surface area contributed by atoms with Gasteiger partial charge < -0.3 is 25.2 Å². The van der Waals surface area contributed by atoms with Crippen molar-refractivity contribution < 1.29 is 37.3 Å². The quantitative estimate of drug-likeness (QED) is 0.453. The number of amides is 1. The van der Waals surface area contributed by atoms with Crippen LogP contribution in [0.3, 0.4) is 0 Å². The number of carbonyl (C=O) groups excluding carboxylic acids is 1. The molecular formula is C23H23F4N5O4. The van der Waals surface area contributed by atoms with Crippen LogP contribution in [0.15, 0.2) is 36.8 Å². The zero-order chi connectivity index (χ0) is 25.7. The zero-order valence-electron chi connectivity index (χ0n) is 18.9. The number of alkyl halides is 4. The normalized spacial score (nSPS) is 21.3. The van der Waals surface area contributed by atoms with Crippen molar-refractivity contribution in [2.45, 2.75) is 36.7 Å². The van der Waals surface area contributed by atoms with E-state index >= 15 is 0 Å². The molecule has 192 valence electrons. The fourth-order valence-electron chi connectivity index (χ4n) is 4.58. The molecule has 1 aromatic carbocycles. The third kappa shape index (κ3) is 4.01. The van der Waals surface area contributed by atoms with Crippen LogP contribution in [0.25, 0.3) is 5.65 Å². The minimum Gasteiger partial charge on any atom is -0.475 e. The van der Waals surface area contributed by atoms with Crippen LogP contribution < -0.4 is 15.0 Å². The number of nitrogens with one attached hydrogen (secondary N) is 1. The smallest absolute Gasteiger partial charge is 0.430 e. The van der Waals surface area contributed by atoms with Gasteiger partial charge in [-0.2, -0.15) is 18.3 Å². The van der Waals surface area contributed by atoms with Crippen molar-refractivity contribution in [1.82, 2.24) is 14.6 Å². The maximum atomic E-state index is 14.6. The van der Waals surface area contributed by atoms with Crippen molar-refractivity contribution in [3.8, 4) is 5.75 Å². The van der Waals surface area contributed by atoms with Gasteiger partial charge in [-0.05, 0) is 12.1 Å². The average Bonchev–Trinajstić information content (AvgIpc) is 3.46. The summed E-state index contributed by atoms with van der Waals surface area (Å²) in [6, 6.07) is 4.39. The molecule has 1 saturated heterocycles. The van der Waals surface area contributed by atoms with E-state index in [1.54, 1.807) is 17.2 Å². The molecular weight excluding hydrogens is 486 g/mol. The minimum absolute atomic E-state index is 0.00404. The molecule has 9 nitrogen and oxygen atoms in total. The lowest BCUT2D eigenvalue weighted by atomic mass is 9.93. The Bertz CT molecular complexity index is 1310. The van der Waals surface area contributed by atoms with E-state index in [0.29, 0.717) is 11.3 Å². The monoisotopic (exact) mass is 509 g/mol. The average molecular weight is 509 g/mol. The molecule has 1 amide bonds. The van der Waals surface area contributed by atoms with E-state index in [1.807, 2.05) is 0 Å². The number of hydrogen-bond donors (Lipinski definition) is 3. The number of nitrogens with zero attached hydrogens (tertiary/aromatic N) is 4. The van der Waals surface area contributed by atoms with Crippen LogP contribution in [0.1, 0.15) is 28.8 Å². The van der Waals surface area contributed by atoms with Crippen LogP contribution >= 0.6 is 0 Å². The zero-order valence-corrected chi connectivity index (χ0v) is 18.9. The lowest BCUT2D eigenvalue weighted by Gasteiger charge is -2.37. The van der Waals surface area contributed by atoms with E-state index in [4.69, 9.17) is 4.74 Å². The van der Waals surface area contributed by atoms with Gasteiger partial charge in [-0.25, -0.2) is 13.9 Å². The van der Waals surface area contributed by atoms with Crippen LogP contribution in [0.4, 0.5) is 28.9 Å². The molecule has 1 atom stereocenters. The molecule has 2 aromatic heterocycles. The molecule has 3 aromatic rings. The van der Waals surface area contributed by atoms with Crippen molar-refractivity contribution in [2.75, 3.05) is 36.5 Å². The van der Waals surface area contributed by atoms with Crippen LogP contribution in [-0.4, -0.2) is 74.5 Å². The highest BCUT2D eigenvalue weighted by Crippen LogP contribution is 2.48. The summed E-state index contributed by atoms with van der Waals surface area (Å²) in [6.45, 7) is -1.60. The summed E-state index contributed by atoms with van der Waals surface area (Å²) < 4.78 is 62.5. The number of carbonyl (C=O) groups is 1. The Kier molecular flexibility index (Phi) is 5.79. The first-order chi connectivity index (χ1) is 17.1. The van der Waals surface area contributed by atoms with Crippen LogP contribution in [-0.2, 0) is 6.42 Å². The molecule has 1 fully saturated rings. The Hall–Kier alpha value is -3.45. The number of aliphatic hydroxyl groups is 2. The summed E-state index contributed by atoms with van der Waals surface area (Å²) in [5.74, 6) is -0.661. The Balaban J connectivity index is 1.52. The fourth-order valence-corrected chi connectivity index (χ4v) is 4.58. The first-order valence-corrected chi connectivity index (χ1v) is 11.3. The molecule has 0 unspecified atom stereocenters. The second-order valence-corrected chi connectivity index (χ2v) is 9.10. The second-order valence-electron chi connectivity index (χ2n) is 9.10. The van der Waals surface area contributed by atoms with Gasteiger partial charge >= 0.3 is 6.18 Å². The lowest BCUT2D eigenvalue weighted by Crippen LogP contribution is -2.52. The van der Waals surface area contributed by atoms with E-state index in [2.05, 4.69) is 15.4 Å². The number of piperidine rings is 1. The number of fused-ring (bicyclic) bond motifs is 2. The number of anilines is 2. The van der Waals surface area contributed by atoms with Crippen molar-refractivity contribution in [2.24, 2.45) is 0 Å². The number of aliphatic hydroxyl groups excluding tert-OH is 2. The van der Waals surface area contributed by atoms with Crippen molar-refractivity contribution >= 4 is 22.9 Å². The third-order valence-electron chi connectivity index (χ3n) is 6.79. The number of hydrogen-bond acceptors (Lipinski definition) is 7. The van der Waals surface area contributed by atoms with Gasteiger partial charge in [0.05, 0.1) is 30.8 Å². The van der Waals surface area contributed by atoms with E-state index in [-0.39, 0.29) is 48.5 Å². The molecule has 2 aliphatic heterocycles. The van der Waals surface area contributed by atoms with Crippen molar-refractivity contribution in [3.63, 3.8) is 0 Å². The van der Waals surface area contributed by atoms with Gasteiger partial charge in [-0.1, -0.05) is 0 Å². The highest BCUT2D eigenvalue weighted by molar-refractivity contribution is 6.09. The van der Waals surface area contributed by atoms with Crippen LogP contribution in [0, 0.1) is 0 Å². The summed E-state index contributed by atoms with van der Waals surface area (Å²) in [7, 11) is 0. The predicted molar refractivity (Wildman–Crippen MR) is 120 cm³/mol. The van der Waals surface area contributed by atoms with Gasteiger partial charge in [0.1, 0.15) is 17.0 Å². The topological polar surface area (TPSA) is 112 Å². The highest BCUT2D eigenvalue weighted by atomic mass is 19.4. The van der Waals surface area contributed by atoms with E-state index in [0.717, 1.165) is 0 Å². The van der Waals surface area contributed by atoms with Gasteiger partial charge in [0.15, 0.2) is 5.65 Å². The summed E-state index contributed by atoms with van der Waals surface area (Å²) in [5, 5.41) is 25.7. The molecule has 5 rings (SSSR count). The molecule has 13 heteroatoms. The van der Waals surface area contributed by atoms with Gasteiger partial charge in [0.25, 0.3) is 5.91 Å². The van der Waals surface area contributed by atoms with Crippen molar-refractivity contribution in [3.05, 3.63) is 47.9 Å². The summed E-state index contributed by atoms with van der Waals surface area (Å²) in [5.41, 5.74) is -3.41. The molecule has 4 heterocycles. The minimum atomic E-state index is -4.84. The molecule has 0 aliphatic carbocycles. The summed E-state index contributed by atoms with van der Waals surface area (Å²) in [4.78, 5) is 19.0. The standard InChI is InChI=1S/C23H23F4N5O4/c24-21(12-33)2-6-31(7-3-21)17-9-18-14(10-22(13-34,36-18)23(25,26)27)8-16(17)30-20(35)15-11-29-32-5-1-4-28-19(15)32/h1,4-5,8-9,11,33-34H,2-3,6-7,10,12-13H2,(H,30,35)/t22-/m0/s1. The third-order valence-corrected chi connectivity index (χ3v) is 6.79. The number of halogens is 4. The van der Waals surface area contributed by atoms with Crippen molar-refractivity contribution in [1.29, 1.82) is 0 Å². The molecule has 0 radical (unpaired) electrons. The fraction of sp³-hybridized carbons (Fsp3) is 0.435. The lowest BCUT2D eigenvalue weighted by molar-refractivity contribution is -0.252. The Morgan fingerprint density at radius 2 is 1.94 bits per heavy atom. The second kappa shape index (κ2) is 8.59. The van der Waals surface area contributed by atoms with E-state index < -0.39 is 43.0 Å². The molecule has 0 spiro atoms. The Labute approximate surface area is 202 Å². The van der Waals surface area contributed by atoms with Gasteiger partial charge in [0.2, 0.25) is 5.60 Å². The van der Waals surface area contributed by atoms with Crippen LogP contribution in [0.2, 0.25) is 0 Å². The van der Waals surface area contributed by atoms with Crippen LogP contribution in [0.5, 0.6) is 5.75 Å². The SMILES string of the molecule is O=C(Nc1cc2c(cc1N1CCC(F)(CO)CC1)O[C@@](CO)(C(F)(F)F)C2)c1cnn2cccnc12. The number of rotatable bonds is 5. The molecule has 36 heavy (non-hydrogen) atoms. The number of ether oxygens (including phenoxy) is 1. The first kappa shape index (κ1) is 24.3. The summed E-state index contributed by atoms with van der Waals surface area (Å²) >= 11 is 0. The number of aromatic nitrogens is 3. The van der Waals surface area contributed by atoms with Gasteiger partial charge in [-0.3, -0.25) is 4.79 Å².